The molecular weight excluding hydrogens is 348 g/mol. The largest absolute Gasteiger partial charge is 0.453 e. The zero-order valence-electron chi connectivity index (χ0n) is 16.0. The molecule has 0 bridgehead atoms. The van der Waals surface area contributed by atoms with E-state index in [0.717, 1.165) is 0 Å². The molecule has 1 atom stereocenters. The highest BCUT2D eigenvalue weighted by Crippen LogP contribution is 2.44. The molecule has 6 nitrogen and oxygen atoms in total. The smallest absolute Gasteiger partial charge is 0.361 e. The number of rotatable bonds is 7. The second kappa shape index (κ2) is 7.88. The molecule has 27 heavy (non-hydrogen) atoms. The van der Waals surface area contributed by atoms with E-state index in [1.165, 1.54) is 0 Å². The lowest BCUT2D eigenvalue weighted by atomic mass is 9.91. The van der Waals surface area contributed by atoms with E-state index in [1.807, 2.05) is 33.8 Å². The summed E-state index contributed by atoms with van der Waals surface area (Å²) in [6, 6.07) is 12.3. The van der Waals surface area contributed by atoms with Crippen molar-refractivity contribution in [3.05, 3.63) is 42.5 Å². The summed E-state index contributed by atoms with van der Waals surface area (Å²) in [7, 11) is 0. The van der Waals surface area contributed by atoms with Crippen LogP contribution in [0.25, 0.3) is 0 Å². The fourth-order valence-electron chi connectivity index (χ4n) is 2.31. The molecule has 1 aliphatic rings. The van der Waals surface area contributed by atoms with Crippen molar-refractivity contribution in [2.45, 2.75) is 40.6 Å². The number of esters is 1. The summed E-state index contributed by atoms with van der Waals surface area (Å²) in [4.78, 5) is 12.2. The quantitative estimate of drug-likeness (QED) is 0.508. The van der Waals surface area contributed by atoms with Crippen LogP contribution in [0, 0.1) is 5.41 Å². The Morgan fingerprint density at radius 1 is 1.04 bits per heavy atom. The molecule has 3 rings (SSSR count). The first-order valence-electron chi connectivity index (χ1n) is 9.01. The molecular formula is C21H24O6. The second-order valence-electron chi connectivity index (χ2n) is 6.76. The van der Waals surface area contributed by atoms with Gasteiger partial charge in [-0.1, -0.05) is 13.0 Å². The topological polar surface area (TPSA) is 63.2 Å². The van der Waals surface area contributed by atoms with E-state index >= 15 is 0 Å². The predicted octanol–water partition coefficient (Wildman–Crippen LogP) is 4.91. The van der Waals surface area contributed by atoms with Crippen molar-refractivity contribution in [3.8, 4) is 28.7 Å². The molecule has 0 saturated heterocycles. The SMILES string of the molecule is CCOC1Oc2cccc(Oc3ccc(OC(=O)C(C)(C)CC)cc3)c2O1. The first kappa shape index (κ1) is 19.0. The van der Waals surface area contributed by atoms with Gasteiger partial charge in [-0.15, -0.1) is 0 Å². The minimum atomic E-state index is -0.765. The van der Waals surface area contributed by atoms with Crippen molar-refractivity contribution in [1.29, 1.82) is 0 Å². The summed E-state index contributed by atoms with van der Waals surface area (Å²) >= 11 is 0. The van der Waals surface area contributed by atoms with Crippen LogP contribution in [0.3, 0.4) is 0 Å². The number of hydrogen-bond donors (Lipinski definition) is 0. The molecule has 6 heteroatoms. The summed E-state index contributed by atoms with van der Waals surface area (Å²) in [5.74, 6) is 2.39. The molecule has 0 amide bonds. The van der Waals surface area contributed by atoms with Crippen LogP contribution in [0.15, 0.2) is 42.5 Å². The van der Waals surface area contributed by atoms with Gasteiger partial charge in [-0.2, -0.15) is 0 Å². The Kier molecular flexibility index (Phi) is 5.56. The van der Waals surface area contributed by atoms with E-state index in [4.69, 9.17) is 23.7 Å². The fraction of sp³-hybridized carbons (Fsp3) is 0.381. The summed E-state index contributed by atoms with van der Waals surface area (Å²) in [5, 5.41) is 0. The van der Waals surface area contributed by atoms with E-state index in [-0.39, 0.29) is 5.97 Å². The average Bonchev–Trinajstić information content (AvgIpc) is 3.07. The number of ether oxygens (including phenoxy) is 5. The maximum atomic E-state index is 12.2. The van der Waals surface area contributed by atoms with Gasteiger partial charge < -0.3 is 23.7 Å². The number of hydrogen-bond acceptors (Lipinski definition) is 6. The second-order valence-corrected chi connectivity index (χ2v) is 6.76. The molecule has 2 aromatic carbocycles. The molecule has 0 aliphatic carbocycles. The molecule has 1 unspecified atom stereocenters. The van der Waals surface area contributed by atoms with Crippen molar-refractivity contribution in [2.24, 2.45) is 5.41 Å². The minimum Gasteiger partial charge on any atom is -0.453 e. The molecule has 0 N–H and O–H groups in total. The zero-order valence-corrected chi connectivity index (χ0v) is 16.0. The van der Waals surface area contributed by atoms with Gasteiger partial charge in [0.05, 0.1) is 12.0 Å². The Bertz CT molecular complexity index is 797. The third kappa shape index (κ3) is 4.34. The van der Waals surface area contributed by atoms with Crippen LogP contribution < -0.4 is 18.9 Å². The van der Waals surface area contributed by atoms with Gasteiger partial charge in [-0.3, -0.25) is 4.79 Å². The molecule has 0 saturated carbocycles. The Hall–Kier alpha value is -2.73. The summed E-state index contributed by atoms with van der Waals surface area (Å²) in [6.45, 7) is 7.25. The molecule has 2 aromatic rings. The average molecular weight is 372 g/mol. The summed E-state index contributed by atoms with van der Waals surface area (Å²) < 4.78 is 27.8. The maximum Gasteiger partial charge on any atom is 0.361 e. The van der Waals surface area contributed by atoms with Crippen LogP contribution in [-0.2, 0) is 9.53 Å². The predicted molar refractivity (Wildman–Crippen MR) is 99.3 cm³/mol. The lowest BCUT2D eigenvalue weighted by molar-refractivity contribution is -0.173. The standard InChI is InChI=1S/C21H24O6/c1-5-21(3,4)19(22)25-15-12-10-14(11-13-15)24-16-8-7-9-17-18(16)27-20(26-17)23-6-2/h7-13,20H,5-6H2,1-4H3. The molecule has 0 radical (unpaired) electrons. The van der Waals surface area contributed by atoms with Crippen LogP contribution in [0.4, 0.5) is 0 Å². The van der Waals surface area contributed by atoms with E-state index in [9.17, 15) is 4.79 Å². The molecule has 1 aliphatic heterocycles. The first-order valence-corrected chi connectivity index (χ1v) is 9.01. The van der Waals surface area contributed by atoms with Gasteiger partial charge >= 0.3 is 12.4 Å². The number of benzene rings is 2. The summed E-state index contributed by atoms with van der Waals surface area (Å²) in [6.07, 6.45) is 0.705. The van der Waals surface area contributed by atoms with Gasteiger partial charge in [-0.25, -0.2) is 0 Å². The Labute approximate surface area is 158 Å². The maximum absolute atomic E-state index is 12.2. The number of carbonyl (C=O) groups excluding carboxylic acids is 1. The third-order valence-electron chi connectivity index (χ3n) is 4.38. The van der Waals surface area contributed by atoms with Crippen molar-refractivity contribution in [2.75, 3.05) is 6.61 Å². The van der Waals surface area contributed by atoms with Crippen molar-refractivity contribution in [1.82, 2.24) is 0 Å². The highest BCUT2D eigenvalue weighted by atomic mass is 16.9. The molecule has 0 spiro atoms. The van der Waals surface area contributed by atoms with Crippen molar-refractivity contribution >= 4 is 5.97 Å². The molecule has 1 heterocycles. The van der Waals surface area contributed by atoms with Gasteiger partial charge in [-0.05, 0) is 63.6 Å². The Morgan fingerprint density at radius 2 is 1.74 bits per heavy atom. The van der Waals surface area contributed by atoms with Gasteiger partial charge in [0, 0.05) is 0 Å². The van der Waals surface area contributed by atoms with Crippen LogP contribution in [0.5, 0.6) is 28.7 Å². The zero-order chi connectivity index (χ0) is 19.4. The highest BCUT2D eigenvalue weighted by Gasteiger charge is 2.29. The minimum absolute atomic E-state index is 0.257. The van der Waals surface area contributed by atoms with Gasteiger partial charge in [0.1, 0.15) is 11.5 Å². The highest BCUT2D eigenvalue weighted by molar-refractivity contribution is 5.78. The first-order chi connectivity index (χ1) is 12.9. The lowest BCUT2D eigenvalue weighted by Crippen LogP contribution is -2.28. The van der Waals surface area contributed by atoms with Crippen LogP contribution >= 0.6 is 0 Å². The molecule has 144 valence electrons. The van der Waals surface area contributed by atoms with Crippen LogP contribution in [0.2, 0.25) is 0 Å². The normalized spacial score (nSPS) is 15.5. The molecule has 0 aromatic heterocycles. The lowest BCUT2D eigenvalue weighted by Gasteiger charge is -2.20. The van der Waals surface area contributed by atoms with E-state index in [0.29, 0.717) is 41.8 Å². The Balaban J connectivity index is 1.68. The van der Waals surface area contributed by atoms with E-state index < -0.39 is 11.9 Å². The van der Waals surface area contributed by atoms with Crippen LogP contribution in [-0.4, -0.2) is 19.1 Å². The van der Waals surface area contributed by atoms with E-state index in [2.05, 4.69) is 0 Å². The third-order valence-corrected chi connectivity index (χ3v) is 4.38. The molecule has 0 fully saturated rings. The number of fused-ring (bicyclic) bond motifs is 1. The van der Waals surface area contributed by atoms with Crippen molar-refractivity contribution in [3.63, 3.8) is 0 Å². The van der Waals surface area contributed by atoms with Gasteiger partial charge in [0.15, 0.2) is 11.5 Å². The number of para-hydroxylation sites is 1. The van der Waals surface area contributed by atoms with Crippen LogP contribution in [0.1, 0.15) is 34.1 Å². The number of carbonyl (C=O) groups is 1. The Morgan fingerprint density at radius 3 is 2.41 bits per heavy atom. The van der Waals surface area contributed by atoms with E-state index in [1.54, 1.807) is 36.4 Å². The van der Waals surface area contributed by atoms with Crippen molar-refractivity contribution < 1.29 is 28.5 Å². The van der Waals surface area contributed by atoms with Gasteiger partial charge in [0.25, 0.3) is 0 Å². The summed E-state index contributed by atoms with van der Waals surface area (Å²) in [5.41, 5.74) is -0.520. The fourth-order valence-corrected chi connectivity index (χ4v) is 2.31. The monoisotopic (exact) mass is 372 g/mol. The van der Waals surface area contributed by atoms with Gasteiger partial charge in [0.2, 0.25) is 5.75 Å².